The van der Waals surface area contributed by atoms with Crippen molar-refractivity contribution in [1.29, 1.82) is 0 Å². The van der Waals surface area contributed by atoms with E-state index in [0.717, 1.165) is 44.8 Å². The maximum atomic E-state index is 14.6. The van der Waals surface area contributed by atoms with Crippen LogP contribution >= 0.6 is 34.9 Å². The van der Waals surface area contributed by atoms with E-state index >= 15 is 0 Å². The maximum absolute atomic E-state index is 14.6. The molecule has 9 rings (SSSR count). The number of β-lactam (4-membered cyclic amide) rings is 1. The Balaban J connectivity index is 1.04. The molecule has 15 heteroatoms. The first-order valence-corrected chi connectivity index (χ1v) is 23.1. The maximum Gasteiger partial charge on any atom is 0.356 e. The molecular weight excluding hydrogens is 863 g/mol. The van der Waals surface area contributed by atoms with Crippen molar-refractivity contribution in [3.8, 4) is 0 Å². The summed E-state index contributed by atoms with van der Waals surface area (Å²) in [7, 11) is 0. The SMILES string of the molecule is Nc1nc(/C(=N/OC(c2ccccc2)(c2ccccc2)c2ccccc2)C(=O)N[C@@H]2C(=O)N3C(C(=O)OC(c4ccccc4)c4ccccc4)=C(SCc4ccncn4)CS[C@H]23)cs1. The van der Waals surface area contributed by atoms with Crippen molar-refractivity contribution >= 4 is 63.5 Å². The molecule has 3 N–H and O–H groups in total. The lowest BCUT2D eigenvalue weighted by Crippen LogP contribution is -2.71. The van der Waals surface area contributed by atoms with Crippen LogP contribution in [0.1, 0.15) is 45.3 Å². The van der Waals surface area contributed by atoms with Gasteiger partial charge in [-0.2, -0.15) is 0 Å². The lowest BCUT2D eigenvalue weighted by molar-refractivity contribution is -0.154. The number of hydrogen-bond acceptors (Lipinski definition) is 13. The number of amides is 2. The van der Waals surface area contributed by atoms with Crippen LogP contribution in [0.3, 0.4) is 0 Å². The standard InChI is InChI=1S/C49H39N7O5S3/c50-48-53-38(29-64-48)40(55-61-49(34-20-10-3-11-21-34,35-22-12-4-13-23-35)36-24-14-5-15-25-36)44(57)54-41-45(58)56-42(39(30-63-46(41)56)62-28-37-26-27-51-31-52-37)47(59)60-43(32-16-6-1-7-17-32)33-18-8-2-9-19-33/h1-27,29,31,41,43,46H,28,30H2,(H2,50,53)(H,54,57)/b55-40-/t41-,46-/m1/s1. The summed E-state index contributed by atoms with van der Waals surface area (Å²) in [5.74, 6) is -1.08. The van der Waals surface area contributed by atoms with Crippen LogP contribution in [-0.4, -0.2) is 60.5 Å². The summed E-state index contributed by atoms with van der Waals surface area (Å²) in [6, 6.07) is 48.5. The van der Waals surface area contributed by atoms with Crippen molar-refractivity contribution in [2.24, 2.45) is 5.16 Å². The minimum absolute atomic E-state index is 0.123. The Morgan fingerprint density at radius 2 is 1.39 bits per heavy atom. The molecule has 0 saturated carbocycles. The highest BCUT2D eigenvalue weighted by Gasteiger charge is 2.55. The number of nitrogens with two attached hydrogens (primary N) is 1. The fourth-order valence-corrected chi connectivity index (χ4v) is 10.7. The van der Waals surface area contributed by atoms with Crippen molar-refractivity contribution in [3.05, 3.63) is 225 Å². The van der Waals surface area contributed by atoms with E-state index in [0.29, 0.717) is 16.4 Å². The molecular formula is C49H39N7O5S3. The second-order valence-electron chi connectivity index (χ2n) is 14.6. The predicted octanol–water partition coefficient (Wildman–Crippen LogP) is 8.11. The molecule has 0 radical (unpaired) electrons. The molecule has 7 aromatic rings. The monoisotopic (exact) mass is 901 g/mol. The molecule has 2 atom stereocenters. The van der Waals surface area contributed by atoms with E-state index in [2.05, 4.69) is 25.4 Å². The summed E-state index contributed by atoms with van der Waals surface area (Å²) in [5, 5.41) is 8.72. The van der Waals surface area contributed by atoms with Crippen molar-refractivity contribution in [2.75, 3.05) is 11.5 Å². The van der Waals surface area contributed by atoms with E-state index in [9.17, 15) is 14.4 Å². The van der Waals surface area contributed by atoms with E-state index in [4.69, 9.17) is 15.3 Å². The Morgan fingerprint density at radius 1 is 0.828 bits per heavy atom. The molecule has 1 saturated heterocycles. The normalized spacial score (nSPS) is 16.2. The Morgan fingerprint density at radius 3 is 1.91 bits per heavy atom. The number of hydrogen-bond donors (Lipinski definition) is 2. The number of nitrogen functional groups attached to an aromatic ring is 1. The molecule has 2 aliphatic rings. The number of esters is 1. The number of ether oxygens (including phenoxy) is 1. The Labute approximate surface area is 381 Å². The van der Waals surface area contributed by atoms with Gasteiger partial charge in [0.25, 0.3) is 11.8 Å². The largest absolute Gasteiger partial charge is 0.448 e. The molecule has 4 heterocycles. The number of nitrogens with one attached hydrogen (secondary N) is 1. The van der Waals surface area contributed by atoms with Crippen molar-refractivity contribution in [3.63, 3.8) is 0 Å². The minimum Gasteiger partial charge on any atom is -0.448 e. The highest BCUT2D eigenvalue weighted by molar-refractivity contribution is 8.05. The van der Waals surface area contributed by atoms with Gasteiger partial charge in [0.15, 0.2) is 16.9 Å². The summed E-state index contributed by atoms with van der Waals surface area (Å²) in [5.41, 5.74) is 9.49. The van der Waals surface area contributed by atoms with Gasteiger partial charge in [-0.1, -0.05) is 157 Å². The highest BCUT2D eigenvalue weighted by atomic mass is 32.2. The molecule has 0 aliphatic carbocycles. The fourth-order valence-electron chi connectivity index (χ4n) is 7.60. The van der Waals surface area contributed by atoms with Crippen molar-refractivity contribution in [2.45, 2.75) is 28.9 Å². The highest BCUT2D eigenvalue weighted by Crippen LogP contribution is 2.45. The summed E-state index contributed by atoms with van der Waals surface area (Å²) in [6.45, 7) is 0. The van der Waals surface area contributed by atoms with E-state index < -0.39 is 40.9 Å². The number of nitrogens with zero attached hydrogens (tertiary/aromatic N) is 5. The van der Waals surface area contributed by atoms with Gasteiger partial charge in [-0.25, -0.2) is 19.7 Å². The number of aromatic nitrogens is 3. The zero-order chi connectivity index (χ0) is 43.9. The Kier molecular flexibility index (Phi) is 12.6. The number of oxime groups is 1. The topological polar surface area (TPSA) is 162 Å². The van der Waals surface area contributed by atoms with Crippen LogP contribution in [-0.2, 0) is 35.3 Å². The average Bonchev–Trinajstić information content (AvgIpc) is 3.79. The molecule has 2 aliphatic heterocycles. The third-order valence-corrected chi connectivity index (χ3v) is 13.9. The zero-order valence-electron chi connectivity index (χ0n) is 34.0. The first-order valence-electron chi connectivity index (χ1n) is 20.2. The number of thioether (sulfide) groups is 2. The predicted molar refractivity (Wildman–Crippen MR) is 250 cm³/mol. The van der Waals surface area contributed by atoms with Crippen molar-refractivity contribution < 1.29 is 24.0 Å². The van der Waals surface area contributed by atoms with Crippen molar-refractivity contribution in [1.82, 2.24) is 25.2 Å². The van der Waals surface area contributed by atoms with Crippen LogP contribution < -0.4 is 11.1 Å². The summed E-state index contributed by atoms with van der Waals surface area (Å²) >= 11 is 3.97. The van der Waals surface area contributed by atoms with Crippen LogP contribution in [0.4, 0.5) is 5.13 Å². The molecule has 0 spiro atoms. The summed E-state index contributed by atoms with van der Waals surface area (Å²) in [6.07, 6.45) is 2.37. The van der Waals surface area contributed by atoms with E-state index in [1.807, 2.05) is 152 Å². The average molecular weight is 902 g/mol. The third kappa shape index (κ3) is 8.65. The van der Waals surface area contributed by atoms with Gasteiger partial charge >= 0.3 is 5.97 Å². The third-order valence-electron chi connectivity index (χ3n) is 10.7. The second-order valence-corrected chi connectivity index (χ2v) is 17.7. The molecule has 1 fully saturated rings. The number of anilines is 1. The molecule has 0 bridgehead atoms. The quantitative estimate of drug-likeness (QED) is 0.0336. The van der Waals surface area contributed by atoms with Gasteiger partial charge in [-0.3, -0.25) is 14.5 Å². The van der Waals surface area contributed by atoms with Crippen LogP contribution in [0.2, 0.25) is 0 Å². The molecule has 0 unspecified atom stereocenters. The van der Waals surface area contributed by atoms with E-state index in [1.165, 1.54) is 34.8 Å². The zero-order valence-corrected chi connectivity index (χ0v) is 36.4. The molecule has 5 aromatic carbocycles. The van der Waals surface area contributed by atoms with Gasteiger partial charge in [0.2, 0.25) is 5.60 Å². The van der Waals surface area contributed by atoms with E-state index in [-0.39, 0.29) is 22.2 Å². The summed E-state index contributed by atoms with van der Waals surface area (Å²) < 4.78 is 6.35. The Hall–Kier alpha value is -7.07. The van der Waals surface area contributed by atoms with Crippen LogP contribution in [0.5, 0.6) is 0 Å². The molecule has 64 heavy (non-hydrogen) atoms. The van der Waals surface area contributed by atoms with Crippen LogP contribution in [0.25, 0.3) is 0 Å². The van der Waals surface area contributed by atoms with Gasteiger partial charge in [0.05, 0.1) is 5.69 Å². The molecule has 2 aromatic heterocycles. The van der Waals surface area contributed by atoms with Gasteiger partial charge < -0.3 is 20.6 Å². The number of carbonyl (C=O) groups excluding carboxylic acids is 3. The lowest BCUT2D eigenvalue weighted by Gasteiger charge is -2.49. The van der Waals surface area contributed by atoms with Crippen LogP contribution in [0.15, 0.2) is 191 Å². The summed E-state index contributed by atoms with van der Waals surface area (Å²) in [4.78, 5) is 65.2. The Bertz CT molecular complexity index is 2660. The lowest BCUT2D eigenvalue weighted by atomic mass is 9.80. The molecule has 12 nitrogen and oxygen atoms in total. The number of carbonyl (C=O) groups is 3. The number of rotatable bonds is 15. The number of benzene rings is 5. The minimum atomic E-state index is -1.31. The first-order chi connectivity index (χ1) is 31.4. The molecule has 318 valence electrons. The second kappa shape index (κ2) is 19.1. The van der Waals surface area contributed by atoms with E-state index in [1.54, 1.807) is 17.6 Å². The number of fused-ring (bicyclic) bond motifs is 1. The van der Waals surface area contributed by atoms with Gasteiger partial charge in [0, 0.05) is 44.7 Å². The van der Waals surface area contributed by atoms with Gasteiger partial charge in [-0.15, -0.1) is 34.9 Å². The molecule has 2 amide bonds. The smallest absolute Gasteiger partial charge is 0.356 e. The van der Waals surface area contributed by atoms with Crippen LogP contribution in [0, 0.1) is 0 Å². The fraction of sp³-hybridized carbons (Fsp3) is 0.122. The first kappa shape index (κ1) is 42.2. The van der Waals surface area contributed by atoms with Gasteiger partial charge in [-0.05, 0) is 17.2 Å². The van der Waals surface area contributed by atoms with Gasteiger partial charge in [0.1, 0.15) is 29.1 Å². The number of thiazole rings is 1.